The van der Waals surface area contributed by atoms with E-state index in [2.05, 4.69) is 164 Å². The van der Waals surface area contributed by atoms with Gasteiger partial charge in [-0.1, -0.05) is 76.9 Å². The van der Waals surface area contributed by atoms with Crippen molar-refractivity contribution >= 4 is 24.8 Å². The van der Waals surface area contributed by atoms with Crippen LogP contribution in [0, 0.1) is 29.2 Å². The number of benzene rings is 4. The maximum absolute atomic E-state index is 3.69. The Morgan fingerprint density at radius 3 is 1.42 bits per heavy atom. The van der Waals surface area contributed by atoms with Gasteiger partial charge in [-0.05, 0) is 72.5 Å². The van der Waals surface area contributed by atoms with Crippen molar-refractivity contribution in [3.05, 3.63) is 149 Å². The molecule has 0 nitrogen and oxygen atoms in total. The third-order valence-corrected chi connectivity index (χ3v) is 13.6. The summed E-state index contributed by atoms with van der Waals surface area (Å²) in [4.78, 5) is 0. The van der Waals surface area contributed by atoms with Crippen molar-refractivity contribution in [2.75, 3.05) is 0 Å². The van der Waals surface area contributed by atoms with Crippen LogP contribution in [0.3, 0.4) is 0 Å². The van der Waals surface area contributed by atoms with E-state index in [1.165, 1.54) is 90.5 Å². The molecule has 276 valence electrons. The average molecular weight is 819 g/mol. The fourth-order valence-corrected chi connectivity index (χ4v) is 10.7. The number of halogens is 2. The van der Waals surface area contributed by atoms with Crippen molar-refractivity contribution in [3.8, 4) is 0 Å². The van der Waals surface area contributed by atoms with Crippen LogP contribution in [-0.4, -0.2) is 3.21 Å². The van der Waals surface area contributed by atoms with Crippen molar-refractivity contribution in [1.82, 2.24) is 0 Å². The van der Waals surface area contributed by atoms with E-state index < -0.39 is 0 Å². The summed E-state index contributed by atoms with van der Waals surface area (Å²) in [6, 6.07) is 37.3. The van der Waals surface area contributed by atoms with Gasteiger partial charge in [-0.2, -0.15) is 6.08 Å². The molecule has 10 rings (SSSR count). The van der Waals surface area contributed by atoms with Gasteiger partial charge in [0.2, 0.25) is 0 Å². The second-order valence-electron chi connectivity index (χ2n) is 18.2. The van der Waals surface area contributed by atoms with Crippen LogP contribution in [0.2, 0.25) is 0 Å². The van der Waals surface area contributed by atoms with Crippen molar-refractivity contribution in [2.24, 2.45) is 23.2 Å². The van der Waals surface area contributed by atoms with Crippen molar-refractivity contribution < 1.29 is 49.0 Å². The van der Waals surface area contributed by atoms with Gasteiger partial charge in [-0.3, -0.25) is 6.08 Å². The standard InChI is InChI=1S/C21H25.C16H21.C13H10.2ClH.Zr/c1-20(2,3)16-9-7-14-11-15-8-10-17(21(4,5)6)13-19(15)18(14)12-16;1-11-3-2-4-15(11)16-8-12-5-13(9-16)7-14(6-12)10-16;1-3-7-12(8-4-1)11-13-9-5-2-6-10-13;;;/h7-13H,1-6H3;3,12-14H,2,5-10H2,1H3;1-10H;2*1H;/q2*-1;;;;+2/p-2. The Hall–Kier alpha value is -2.44. The molecule has 53 heavy (non-hydrogen) atoms. The first-order valence-electron chi connectivity index (χ1n) is 19.4. The quantitative estimate of drug-likeness (QED) is 0.167. The first-order valence-corrected chi connectivity index (χ1v) is 20.6. The molecule has 0 N–H and O–H groups in total. The van der Waals surface area contributed by atoms with Crippen LogP contribution in [0.5, 0.6) is 0 Å². The normalized spacial score (nSPS) is 22.8. The van der Waals surface area contributed by atoms with Gasteiger partial charge in [0.05, 0.1) is 0 Å². The molecule has 4 bridgehead atoms. The predicted octanol–water partition coefficient (Wildman–Crippen LogP) is 7.40. The van der Waals surface area contributed by atoms with Gasteiger partial charge >= 0.3 is 99.2 Å². The zero-order valence-electron chi connectivity index (χ0n) is 32.8. The van der Waals surface area contributed by atoms with Crippen molar-refractivity contribution in [1.29, 1.82) is 0 Å². The van der Waals surface area contributed by atoms with Gasteiger partial charge in [-0.25, -0.2) is 11.1 Å². The Balaban J connectivity index is 0.000000154. The van der Waals surface area contributed by atoms with Crippen LogP contribution in [0.15, 0.2) is 120 Å². The fraction of sp³-hybridized carbons (Fsp3) is 0.400. The van der Waals surface area contributed by atoms with Gasteiger partial charge in [0, 0.05) is 0 Å². The summed E-state index contributed by atoms with van der Waals surface area (Å²) < 4.78 is 1.42. The number of hydrogen-bond donors (Lipinski definition) is 0. The monoisotopic (exact) mass is 816 g/mol. The second kappa shape index (κ2) is 16.7. The van der Waals surface area contributed by atoms with E-state index in [9.17, 15) is 0 Å². The second-order valence-corrected chi connectivity index (χ2v) is 19.4. The van der Waals surface area contributed by atoms with E-state index in [1.54, 1.807) is 30.4 Å². The zero-order valence-corrected chi connectivity index (χ0v) is 36.8. The Kier molecular flexibility index (Phi) is 13.2. The molecule has 0 aromatic heterocycles. The van der Waals surface area contributed by atoms with Crippen LogP contribution in [0.4, 0.5) is 0 Å². The summed E-state index contributed by atoms with van der Waals surface area (Å²) in [7, 11) is 0. The van der Waals surface area contributed by atoms with E-state index in [-0.39, 0.29) is 35.6 Å². The molecule has 0 unspecified atom stereocenters. The van der Waals surface area contributed by atoms with E-state index in [1.807, 2.05) is 0 Å². The van der Waals surface area contributed by atoms with E-state index in [0.29, 0.717) is 5.41 Å². The van der Waals surface area contributed by atoms with Gasteiger partial charge < -0.3 is 24.8 Å². The molecule has 5 aromatic rings. The van der Waals surface area contributed by atoms with Crippen LogP contribution < -0.4 is 24.8 Å². The van der Waals surface area contributed by atoms with E-state index >= 15 is 0 Å². The summed E-state index contributed by atoms with van der Waals surface area (Å²) in [5.74, 6) is 3.19. The maximum atomic E-state index is 3.69. The predicted molar refractivity (Wildman–Crippen MR) is 216 cm³/mol. The molecule has 0 saturated heterocycles. The zero-order chi connectivity index (χ0) is 36.0. The molecule has 3 heteroatoms. The SMILES string of the molecule is CC(C)(C)c1ccc2[cH-]c3ccc(C(C)(C)C)cc3c2c1.CC1=CC[C-]=C1C12CC3CC(CC(C3)C1)C2.[Cl-].[Cl-].[Zr+2]=[C](c1ccccc1)c1ccccc1. The Bertz CT molecular complexity index is 1940. The summed E-state index contributed by atoms with van der Waals surface area (Å²) >= 11 is 1.46. The molecular formula is C50H56Cl2Zr-2. The summed E-state index contributed by atoms with van der Waals surface area (Å²) in [5.41, 5.74) is 9.65. The number of allylic oxidation sites excluding steroid dienone is 4. The number of rotatable bonds is 3. The third-order valence-electron chi connectivity index (χ3n) is 12.2. The van der Waals surface area contributed by atoms with Crippen LogP contribution in [0.25, 0.3) is 21.5 Å². The Labute approximate surface area is 347 Å². The molecule has 0 atom stereocenters. The van der Waals surface area contributed by atoms with Gasteiger partial charge in [0.15, 0.2) is 0 Å². The minimum absolute atomic E-state index is 0. The van der Waals surface area contributed by atoms with Crippen LogP contribution >= 0.6 is 0 Å². The van der Waals surface area contributed by atoms with Crippen molar-refractivity contribution in [3.63, 3.8) is 0 Å². The Morgan fingerprint density at radius 1 is 0.642 bits per heavy atom. The summed E-state index contributed by atoms with van der Waals surface area (Å²) in [5, 5.41) is 5.49. The summed E-state index contributed by atoms with van der Waals surface area (Å²) in [6.07, 6.45) is 16.3. The molecule has 0 radical (unpaired) electrons. The van der Waals surface area contributed by atoms with Crippen LogP contribution in [-0.2, 0) is 35.1 Å². The topological polar surface area (TPSA) is 0 Å². The summed E-state index contributed by atoms with van der Waals surface area (Å²) in [6.45, 7) is 16.0. The molecular weight excluding hydrogens is 763 g/mol. The van der Waals surface area contributed by atoms with Gasteiger partial charge in [-0.15, -0.1) is 53.1 Å². The van der Waals surface area contributed by atoms with Gasteiger partial charge in [0.25, 0.3) is 0 Å². The molecule has 0 amide bonds. The van der Waals surface area contributed by atoms with Crippen molar-refractivity contribution in [2.45, 2.75) is 104 Å². The van der Waals surface area contributed by atoms with E-state index in [0.717, 1.165) is 24.2 Å². The molecule has 5 aliphatic rings. The first-order chi connectivity index (χ1) is 24.3. The third kappa shape index (κ3) is 9.17. The van der Waals surface area contributed by atoms with E-state index in [4.69, 9.17) is 0 Å². The molecule has 4 saturated carbocycles. The number of fused-ring (bicyclic) bond motifs is 3. The molecule has 5 aromatic carbocycles. The molecule has 0 aliphatic heterocycles. The van der Waals surface area contributed by atoms with Gasteiger partial charge in [0.1, 0.15) is 0 Å². The Morgan fingerprint density at radius 2 is 1.06 bits per heavy atom. The minimum atomic E-state index is 0. The average Bonchev–Trinajstić information content (AvgIpc) is 3.71. The molecule has 4 fully saturated rings. The molecule has 5 aliphatic carbocycles. The number of hydrogen-bond acceptors (Lipinski definition) is 0. The first kappa shape index (κ1) is 41.7. The molecule has 0 spiro atoms. The fourth-order valence-electron chi connectivity index (χ4n) is 9.88. The van der Waals surface area contributed by atoms with Crippen LogP contribution in [0.1, 0.15) is 116 Å². The molecule has 0 heterocycles.